The molecule has 3 aromatic rings. The summed E-state index contributed by atoms with van der Waals surface area (Å²) in [5.41, 5.74) is 0.689. The molecule has 0 bridgehead atoms. The van der Waals surface area contributed by atoms with E-state index in [1.54, 1.807) is 6.92 Å². The van der Waals surface area contributed by atoms with Crippen LogP contribution in [0.4, 0.5) is 0 Å². The maximum absolute atomic E-state index is 12.5. The van der Waals surface area contributed by atoms with E-state index in [0.29, 0.717) is 5.65 Å². The Labute approximate surface area is 138 Å². The number of benzene rings is 1. The van der Waals surface area contributed by atoms with Crippen LogP contribution in [0.25, 0.3) is 16.9 Å². The Bertz CT molecular complexity index is 932. The molecule has 1 aromatic carbocycles. The minimum atomic E-state index is -0.790. The van der Waals surface area contributed by atoms with Crippen molar-refractivity contribution in [2.75, 3.05) is 7.11 Å². The van der Waals surface area contributed by atoms with Crippen LogP contribution in [0.15, 0.2) is 39.9 Å². The fraction of sp³-hybridized carbons (Fsp3) is 0.214. The van der Waals surface area contributed by atoms with E-state index < -0.39 is 17.6 Å². The van der Waals surface area contributed by atoms with Gasteiger partial charge in [0.05, 0.1) is 12.8 Å². The number of aromatic nitrogens is 5. The fourth-order valence-electron chi connectivity index (χ4n) is 2.14. The molecular weight excluding hydrogens is 366 g/mol. The van der Waals surface area contributed by atoms with Crippen LogP contribution in [0.2, 0.25) is 0 Å². The predicted octanol–water partition coefficient (Wildman–Crippen LogP) is 1.47. The molecule has 2 aromatic heterocycles. The van der Waals surface area contributed by atoms with Crippen LogP contribution in [-0.2, 0) is 9.53 Å². The Kier molecular flexibility index (Phi) is 3.95. The van der Waals surface area contributed by atoms with E-state index in [1.807, 2.05) is 24.3 Å². The Morgan fingerprint density at radius 3 is 2.65 bits per heavy atom. The molecule has 0 radical (unpaired) electrons. The third kappa shape index (κ3) is 2.63. The van der Waals surface area contributed by atoms with Crippen molar-refractivity contribution >= 4 is 33.1 Å². The van der Waals surface area contributed by atoms with Crippen LogP contribution in [0.5, 0.6) is 0 Å². The molecule has 0 fully saturated rings. The van der Waals surface area contributed by atoms with Gasteiger partial charge in [-0.15, -0.1) is 5.10 Å². The SMILES string of the molecule is COC(=O)[C@@H](C)n1cnc2c(nnn2-c2ccc(Br)cc2)c1=O. The highest BCUT2D eigenvalue weighted by atomic mass is 79.9. The van der Waals surface area contributed by atoms with Gasteiger partial charge in [0.2, 0.25) is 0 Å². The lowest BCUT2D eigenvalue weighted by atomic mass is 10.3. The molecule has 0 saturated carbocycles. The molecule has 9 heteroatoms. The lowest BCUT2D eigenvalue weighted by Crippen LogP contribution is -2.29. The van der Waals surface area contributed by atoms with E-state index in [2.05, 4.69) is 36.0 Å². The van der Waals surface area contributed by atoms with Gasteiger partial charge in [0.15, 0.2) is 11.2 Å². The molecule has 0 saturated heterocycles. The number of methoxy groups -OCH3 is 1. The highest BCUT2D eigenvalue weighted by Crippen LogP contribution is 2.16. The summed E-state index contributed by atoms with van der Waals surface area (Å²) in [4.78, 5) is 28.3. The quantitative estimate of drug-likeness (QED) is 0.641. The Hall–Kier alpha value is -2.55. The standard InChI is InChI=1S/C14H12BrN5O3/c1-8(14(22)23-2)19-7-16-12-11(13(19)21)17-18-20(12)10-5-3-9(15)4-6-10/h3-8H,1-2H3/t8-/m1/s1. The topological polar surface area (TPSA) is 91.9 Å². The molecule has 0 N–H and O–H groups in total. The number of carbonyl (C=O) groups is 1. The largest absolute Gasteiger partial charge is 0.467 e. The lowest BCUT2D eigenvalue weighted by Gasteiger charge is -2.11. The zero-order chi connectivity index (χ0) is 16.6. The number of nitrogens with zero attached hydrogens (tertiary/aromatic N) is 5. The minimum absolute atomic E-state index is 0.0890. The molecule has 1 atom stereocenters. The fourth-order valence-corrected chi connectivity index (χ4v) is 2.40. The third-order valence-corrected chi connectivity index (χ3v) is 3.95. The number of fused-ring (bicyclic) bond motifs is 1. The van der Waals surface area contributed by atoms with E-state index in [0.717, 1.165) is 10.2 Å². The van der Waals surface area contributed by atoms with Crippen molar-refractivity contribution in [2.45, 2.75) is 13.0 Å². The molecule has 3 rings (SSSR count). The minimum Gasteiger partial charge on any atom is -0.467 e. The molecule has 23 heavy (non-hydrogen) atoms. The van der Waals surface area contributed by atoms with Crippen molar-refractivity contribution in [3.05, 3.63) is 45.4 Å². The Balaban J connectivity index is 2.13. The molecule has 0 aliphatic heterocycles. The van der Waals surface area contributed by atoms with E-state index >= 15 is 0 Å². The van der Waals surface area contributed by atoms with Crippen LogP contribution in [-0.4, -0.2) is 37.6 Å². The first-order valence-electron chi connectivity index (χ1n) is 6.69. The summed E-state index contributed by atoms with van der Waals surface area (Å²) in [6, 6.07) is 6.56. The van der Waals surface area contributed by atoms with Gasteiger partial charge < -0.3 is 4.74 Å². The number of hydrogen-bond donors (Lipinski definition) is 0. The van der Waals surface area contributed by atoms with Crippen LogP contribution in [0.3, 0.4) is 0 Å². The average Bonchev–Trinajstić information content (AvgIpc) is 2.99. The second kappa shape index (κ2) is 5.92. The molecule has 0 aliphatic rings. The van der Waals surface area contributed by atoms with Gasteiger partial charge in [-0.1, -0.05) is 21.1 Å². The number of esters is 1. The van der Waals surface area contributed by atoms with Crippen molar-refractivity contribution in [2.24, 2.45) is 0 Å². The smallest absolute Gasteiger partial charge is 0.328 e. The van der Waals surface area contributed by atoms with Gasteiger partial charge in [0.1, 0.15) is 12.4 Å². The van der Waals surface area contributed by atoms with E-state index in [9.17, 15) is 9.59 Å². The van der Waals surface area contributed by atoms with Gasteiger partial charge in [-0.3, -0.25) is 9.36 Å². The van der Waals surface area contributed by atoms with Gasteiger partial charge in [0, 0.05) is 4.47 Å². The Morgan fingerprint density at radius 1 is 1.30 bits per heavy atom. The monoisotopic (exact) mass is 377 g/mol. The Morgan fingerprint density at radius 2 is 2.00 bits per heavy atom. The second-order valence-electron chi connectivity index (χ2n) is 4.81. The van der Waals surface area contributed by atoms with Gasteiger partial charge in [-0.05, 0) is 31.2 Å². The van der Waals surface area contributed by atoms with Crippen LogP contribution >= 0.6 is 15.9 Å². The maximum Gasteiger partial charge on any atom is 0.328 e. The van der Waals surface area contributed by atoms with Gasteiger partial charge in [-0.25, -0.2) is 9.78 Å². The molecule has 118 valence electrons. The van der Waals surface area contributed by atoms with Crippen molar-refractivity contribution in [1.82, 2.24) is 24.5 Å². The van der Waals surface area contributed by atoms with Crippen molar-refractivity contribution in [3.63, 3.8) is 0 Å². The first-order chi connectivity index (χ1) is 11.0. The zero-order valence-electron chi connectivity index (χ0n) is 12.3. The number of hydrogen-bond acceptors (Lipinski definition) is 6. The highest BCUT2D eigenvalue weighted by molar-refractivity contribution is 9.10. The summed E-state index contributed by atoms with van der Waals surface area (Å²) in [7, 11) is 1.26. The predicted molar refractivity (Wildman–Crippen MR) is 85.3 cm³/mol. The van der Waals surface area contributed by atoms with Crippen molar-refractivity contribution in [1.29, 1.82) is 0 Å². The number of rotatable bonds is 3. The van der Waals surface area contributed by atoms with E-state index in [4.69, 9.17) is 0 Å². The van der Waals surface area contributed by atoms with Gasteiger partial charge >= 0.3 is 5.97 Å². The van der Waals surface area contributed by atoms with E-state index in [-0.39, 0.29) is 5.52 Å². The van der Waals surface area contributed by atoms with Crippen LogP contribution < -0.4 is 5.56 Å². The number of carbonyl (C=O) groups excluding carboxylic acids is 1. The lowest BCUT2D eigenvalue weighted by molar-refractivity contribution is -0.144. The summed E-state index contributed by atoms with van der Waals surface area (Å²) in [5.74, 6) is -0.534. The summed E-state index contributed by atoms with van der Waals surface area (Å²) in [5, 5.41) is 7.88. The highest BCUT2D eigenvalue weighted by Gasteiger charge is 2.20. The molecule has 0 unspecified atom stereocenters. The summed E-state index contributed by atoms with van der Waals surface area (Å²) in [6.07, 6.45) is 1.30. The summed E-state index contributed by atoms with van der Waals surface area (Å²) < 4.78 is 8.21. The first kappa shape index (κ1) is 15.3. The normalized spacial score (nSPS) is 12.3. The third-order valence-electron chi connectivity index (χ3n) is 3.42. The zero-order valence-corrected chi connectivity index (χ0v) is 13.9. The maximum atomic E-state index is 12.5. The van der Waals surface area contributed by atoms with Crippen molar-refractivity contribution in [3.8, 4) is 5.69 Å². The average molecular weight is 378 g/mol. The van der Waals surface area contributed by atoms with Crippen LogP contribution in [0.1, 0.15) is 13.0 Å². The molecule has 0 aliphatic carbocycles. The number of halogens is 1. The molecular formula is C14H12BrN5O3. The molecule has 8 nitrogen and oxygen atoms in total. The number of ether oxygens (including phenoxy) is 1. The van der Waals surface area contributed by atoms with Crippen molar-refractivity contribution < 1.29 is 9.53 Å². The second-order valence-corrected chi connectivity index (χ2v) is 5.72. The van der Waals surface area contributed by atoms with Gasteiger partial charge in [-0.2, -0.15) is 4.68 Å². The van der Waals surface area contributed by atoms with Crippen LogP contribution in [0, 0.1) is 0 Å². The first-order valence-corrected chi connectivity index (χ1v) is 7.48. The molecule has 0 amide bonds. The van der Waals surface area contributed by atoms with Gasteiger partial charge in [0.25, 0.3) is 5.56 Å². The molecule has 0 spiro atoms. The summed E-state index contributed by atoms with van der Waals surface area (Å²) in [6.45, 7) is 1.56. The molecule has 2 heterocycles. The summed E-state index contributed by atoms with van der Waals surface area (Å²) >= 11 is 3.36. The van der Waals surface area contributed by atoms with E-state index in [1.165, 1.54) is 22.7 Å².